The summed E-state index contributed by atoms with van der Waals surface area (Å²) in [6.07, 6.45) is 0. The number of hydrogen-bond donors (Lipinski definition) is 3. The molecule has 2 aromatic carbocycles. The molecule has 22 heavy (non-hydrogen) atoms. The Hall–Kier alpha value is -2.82. The fraction of sp³-hybridized carbons (Fsp3) is 0.176. The maximum Gasteiger partial charge on any atom is 0.339 e. The van der Waals surface area contributed by atoms with Gasteiger partial charge in [0.25, 0.3) is 0 Å². The molecular formula is C17H14O5. The van der Waals surface area contributed by atoms with Crippen LogP contribution in [-0.4, -0.2) is 27.1 Å². The first kappa shape index (κ1) is 14.1. The molecule has 1 atom stereocenters. The molecule has 0 aliphatic heterocycles. The van der Waals surface area contributed by atoms with Crippen LogP contribution in [0.3, 0.4) is 0 Å². The number of rotatable bonds is 1. The van der Waals surface area contributed by atoms with E-state index in [9.17, 15) is 19.8 Å². The molecule has 5 nitrogen and oxygen atoms in total. The highest BCUT2D eigenvalue weighted by molar-refractivity contribution is 6.15. The first-order valence-corrected chi connectivity index (χ1v) is 6.80. The summed E-state index contributed by atoms with van der Waals surface area (Å²) in [5.74, 6) is -2.41. The van der Waals surface area contributed by atoms with Crippen molar-refractivity contribution in [2.24, 2.45) is 0 Å². The van der Waals surface area contributed by atoms with Crippen molar-refractivity contribution in [3.05, 3.63) is 57.6 Å². The second-order valence-corrected chi connectivity index (χ2v) is 5.51. The van der Waals surface area contributed by atoms with Crippen LogP contribution in [0.25, 0.3) is 0 Å². The van der Waals surface area contributed by atoms with Gasteiger partial charge in [-0.1, -0.05) is 19.1 Å². The summed E-state index contributed by atoms with van der Waals surface area (Å²) in [6.45, 7) is 3.54. The third-order valence-electron chi connectivity index (χ3n) is 4.21. The van der Waals surface area contributed by atoms with Gasteiger partial charge in [-0.05, 0) is 35.7 Å². The molecule has 1 unspecified atom stereocenters. The Morgan fingerprint density at radius 3 is 2.45 bits per heavy atom. The van der Waals surface area contributed by atoms with Gasteiger partial charge in [0.2, 0.25) is 0 Å². The standard InChI is InChI=1S/C17H14O5/c1-7-3-4-9-8(2)10-6-13(18)12(17(21)22)5-11(10)16(20)14(9)15(7)19/h3-6,8,18-19H,1-2H3,(H,21,22). The molecule has 3 N–H and O–H groups in total. The molecule has 0 spiro atoms. The topological polar surface area (TPSA) is 94.8 Å². The van der Waals surface area contributed by atoms with E-state index in [1.165, 1.54) is 12.1 Å². The van der Waals surface area contributed by atoms with E-state index < -0.39 is 11.8 Å². The number of benzene rings is 2. The second kappa shape index (κ2) is 4.59. The van der Waals surface area contributed by atoms with Gasteiger partial charge in [0.15, 0.2) is 5.78 Å². The molecule has 5 heteroatoms. The summed E-state index contributed by atoms with van der Waals surface area (Å²) in [7, 11) is 0. The van der Waals surface area contributed by atoms with E-state index >= 15 is 0 Å². The minimum Gasteiger partial charge on any atom is -0.507 e. The largest absolute Gasteiger partial charge is 0.507 e. The van der Waals surface area contributed by atoms with Crippen molar-refractivity contribution in [1.29, 1.82) is 0 Å². The van der Waals surface area contributed by atoms with Gasteiger partial charge >= 0.3 is 5.97 Å². The van der Waals surface area contributed by atoms with E-state index in [4.69, 9.17) is 5.11 Å². The summed E-state index contributed by atoms with van der Waals surface area (Å²) >= 11 is 0. The molecule has 0 saturated heterocycles. The van der Waals surface area contributed by atoms with E-state index in [1.807, 2.05) is 6.92 Å². The quantitative estimate of drug-likeness (QED) is 0.752. The number of aryl methyl sites for hydroxylation is 1. The third kappa shape index (κ3) is 1.79. The maximum absolute atomic E-state index is 12.7. The highest BCUT2D eigenvalue weighted by atomic mass is 16.4. The van der Waals surface area contributed by atoms with E-state index in [1.54, 1.807) is 19.1 Å². The van der Waals surface area contributed by atoms with E-state index in [-0.39, 0.29) is 34.1 Å². The lowest BCUT2D eigenvalue weighted by atomic mass is 9.76. The molecule has 0 heterocycles. The summed E-state index contributed by atoms with van der Waals surface area (Å²) in [5.41, 5.74) is 1.90. The monoisotopic (exact) mass is 298 g/mol. The third-order valence-corrected chi connectivity index (χ3v) is 4.21. The number of hydrogen-bond acceptors (Lipinski definition) is 4. The second-order valence-electron chi connectivity index (χ2n) is 5.51. The van der Waals surface area contributed by atoms with E-state index in [2.05, 4.69) is 0 Å². The normalized spacial score (nSPS) is 16.1. The predicted octanol–water partition coefficient (Wildman–Crippen LogP) is 2.80. The zero-order valence-corrected chi connectivity index (χ0v) is 12.0. The van der Waals surface area contributed by atoms with Crippen molar-refractivity contribution in [2.45, 2.75) is 19.8 Å². The minimum absolute atomic E-state index is 0.0787. The summed E-state index contributed by atoms with van der Waals surface area (Å²) in [6, 6.07) is 6.00. The van der Waals surface area contributed by atoms with Crippen molar-refractivity contribution in [3.8, 4) is 11.5 Å². The average molecular weight is 298 g/mol. The van der Waals surface area contributed by atoms with Gasteiger partial charge in [-0.25, -0.2) is 4.79 Å². The zero-order chi connectivity index (χ0) is 16.2. The van der Waals surface area contributed by atoms with Gasteiger partial charge in [0.05, 0.1) is 5.56 Å². The van der Waals surface area contributed by atoms with Crippen LogP contribution in [0.15, 0.2) is 24.3 Å². The Labute approximate surface area is 126 Å². The Morgan fingerprint density at radius 2 is 1.82 bits per heavy atom. The number of fused-ring (bicyclic) bond motifs is 2. The summed E-state index contributed by atoms with van der Waals surface area (Å²) in [5, 5.41) is 29.1. The Balaban J connectivity index is 2.32. The van der Waals surface area contributed by atoms with Crippen LogP contribution in [0, 0.1) is 6.92 Å². The molecule has 0 fully saturated rings. The summed E-state index contributed by atoms with van der Waals surface area (Å²) in [4.78, 5) is 23.8. The van der Waals surface area contributed by atoms with Gasteiger partial charge in [-0.3, -0.25) is 4.79 Å². The molecule has 3 rings (SSSR count). The van der Waals surface area contributed by atoms with Crippen LogP contribution in [0.5, 0.6) is 11.5 Å². The number of carboxylic acid groups (broad SMARTS) is 1. The van der Waals surface area contributed by atoms with Gasteiger partial charge in [-0.2, -0.15) is 0 Å². The highest BCUT2D eigenvalue weighted by Gasteiger charge is 2.33. The molecule has 0 amide bonds. The van der Waals surface area contributed by atoms with Gasteiger partial charge in [-0.15, -0.1) is 0 Å². The predicted molar refractivity (Wildman–Crippen MR) is 78.9 cm³/mol. The molecule has 2 aromatic rings. The van der Waals surface area contributed by atoms with Crippen LogP contribution < -0.4 is 0 Å². The highest BCUT2D eigenvalue weighted by Crippen LogP contribution is 2.42. The van der Waals surface area contributed by atoms with E-state index in [0.29, 0.717) is 16.7 Å². The molecular weight excluding hydrogens is 284 g/mol. The number of carboxylic acids is 1. The first-order chi connectivity index (χ1) is 10.3. The zero-order valence-electron chi connectivity index (χ0n) is 12.0. The molecule has 0 bridgehead atoms. The van der Waals surface area contributed by atoms with Gasteiger partial charge in [0, 0.05) is 11.5 Å². The number of phenols is 2. The van der Waals surface area contributed by atoms with Crippen molar-refractivity contribution in [1.82, 2.24) is 0 Å². The lowest BCUT2D eigenvalue weighted by molar-refractivity contribution is 0.0693. The molecule has 1 aliphatic rings. The molecule has 0 radical (unpaired) electrons. The van der Waals surface area contributed by atoms with Crippen LogP contribution in [-0.2, 0) is 0 Å². The maximum atomic E-state index is 12.7. The van der Waals surface area contributed by atoms with Gasteiger partial charge in [0.1, 0.15) is 17.1 Å². The Morgan fingerprint density at radius 1 is 1.14 bits per heavy atom. The Bertz CT molecular complexity index is 835. The van der Waals surface area contributed by atoms with Crippen molar-refractivity contribution < 1.29 is 24.9 Å². The van der Waals surface area contributed by atoms with Crippen LogP contribution in [0.2, 0.25) is 0 Å². The fourth-order valence-electron chi connectivity index (χ4n) is 2.94. The van der Waals surface area contributed by atoms with Crippen LogP contribution in [0.1, 0.15) is 55.8 Å². The number of phenolic OH excluding ortho intramolecular Hbond substituents is 1. The smallest absolute Gasteiger partial charge is 0.339 e. The summed E-state index contributed by atoms with van der Waals surface area (Å²) < 4.78 is 0. The lowest BCUT2D eigenvalue weighted by Crippen LogP contribution is -2.19. The molecule has 0 saturated carbocycles. The molecule has 1 aliphatic carbocycles. The van der Waals surface area contributed by atoms with Crippen LogP contribution in [0.4, 0.5) is 0 Å². The number of ketones is 1. The SMILES string of the molecule is Cc1ccc2c(c1O)C(=O)c1cc(C(=O)O)c(O)cc1C2C. The van der Waals surface area contributed by atoms with Crippen molar-refractivity contribution in [2.75, 3.05) is 0 Å². The Kier molecular flexibility index (Phi) is 2.95. The lowest BCUT2D eigenvalue weighted by Gasteiger charge is -2.26. The molecule has 0 aromatic heterocycles. The fourth-order valence-corrected chi connectivity index (χ4v) is 2.94. The minimum atomic E-state index is -1.31. The van der Waals surface area contributed by atoms with Crippen LogP contribution >= 0.6 is 0 Å². The average Bonchev–Trinajstić information content (AvgIpc) is 2.46. The first-order valence-electron chi connectivity index (χ1n) is 6.80. The van der Waals surface area contributed by atoms with Gasteiger partial charge < -0.3 is 15.3 Å². The number of aromatic carboxylic acids is 1. The van der Waals surface area contributed by atoms with Crippen molar-refractivity contribution >= 4 is 11.8 Å². The van der Waals surface area contributed by atoms with E-state index in [0.717, 1.165) is 0 Å². The molecule has 112 valence electrons. The van der Waals surface area contributed by atoms with Crippen molar-refractivity contribution in [3.63, 3.8) is 0 Å². The number of carbonyl (C=O) groups is 2. The number of aromatic hydroxyl groups is 2. The number of carbonyl (C=O) groups excluding carboxylic acids is 1.